The topological polar surface area (TPSA) is 106 Å². The van der Waals surface area contributed by atoms with Gasteiger partial charge in [0.05, 0.1) is 23.0 Å². The third-order valence-electron chi connectivity index (χ3n) is 5.74. The van der Waals surface area contributed by atoms with Gasteiger partial charge in [-0.3, -0.25) is 13.8 Å². The van der Waals surface area contributed by atoms with Crippen LogP contribution in [0.2, 0.25) is 0 Å². The number of β-lactam (4-membered cyclic amide) rings is 1. The van der Waals surface area contributed by atoms with Gasteiger partial charge in [0.1, 0.15) is 30.1 Å². The number of aryl methyl sites for hydroxylation is 1. The zero-order chi connectivity index (χ0) is 25.9. The van der Waals surface area contributed by atoms with Crippen molar-refractivity contribution >= 4 is 28.6 Å². The average Bonchev–Trinajstić information content (AvgIpc) is 3.33. The van der Waals surface area contributed by atoms with Gasteiger partial charge >= 0.3 is 5.97 Å². The van der Waals surface area contributed by atoms with Crippen LogP contribution in [0.25, 0.3) is 0 Å². The molecule has 2 atom stereocenters. The number of nitrogens with one attached hydrogen (secondary N) is 1. The monoisotopic (exact) mass is 518 g/mol. The van der Waals surface area contributed by atoms with E-state index in [0.717, 1.165) is 37.7 Å². The molecule has 1 aliphatic rings. The molecule has 1 saturated heterocycles. The number of carbonyl (C=O) groups excluding carboxylic acids is 3. The second-order valence-electron chi connectivity index (χ2n) is 8.50. The van der Waals surface area contributed by atoms with Crippen molar-refractivity contribution < 1.29 is 32.1 Å². The Balaban J connectivity index is 1.32. The molecule has 0 saturated carbocycles. The molecule has 36 heavy (non-hydrogen) atoms. The normalized spacial score (nSPS) is 15.8. The van der Waals surface area contributed by atoms with E-state index in [1.54, 1.807) is 18.2 Å². The molecule has 0 bridgehead atoms. The van der Waals surface area contributed by atoms with Crippen molar-refractivity contribution in [3.05, 3.63) is 72.0 Å². The van der Waals surface area contributed by atoms with Crippen molar-refractivity contribution in [2.45, 2.75) is 49.7 Å². The molecule has 1 N–H and O–H groups in total. The summed E-state index contributed by atoms with van der Waals surface area (Å²) in [4.78, 5) is 37.4. The first kappa shape index (κ1) is 27.3. The van der Waals surface area contributed by atoms with E-state index in [-0.39, 0.29) is 48.7 Å². The van der Waals surface area contributed by atoms with E-state index in [0.29, 0.717) is 12.3 Å². The average molecular weight is 519 g/mol. The molecule has 2 heterocycles. The highest BCUT2D eigenvalue weighted by Crippen LogP contribution is 2.25. The van der Waals surface area contributed by atoms with Crippen LogP contribution in [0.5, 0.6) is 0 Å². The van der Waals surface area contributed by atoms with Crippen molar-refractivity contribution in [3.8, 4) is 0 Å². The Hall–Kier alpha value is -3.27. The van der Waals surface area contributed by atoms with Gasteiger partial charge in [-0.05, 0) is 49.1 Å². The van der Waals surface area contributed by atoms with Gasteiger partial charge in [-0.15, -0.1) is 0 Å². The summed E-state index contributed by atoms with van der Waals surface area (Å²) in [5, 5.41) is 2.24. The lowest BCUT2D eigenvalue weighted by molar-refractivity contribution is -0.145. The van der Waals surface area contributed by atoms with E-state index < -0.39 is 22.1 Å². The number of halogens is 1. The van der Waals surface area contributed by atoms with Gasteiger partial charge in [-0.2, -0.15) is 0 Å². The van der Waals surface area contributed by atoms with Gasteiger partial charge in [0, 0.05) is 6.54 Å². The predicted octanol–water partition coefficient (Wildman–Crippen LogP) is 3.49. The first-order valence-electron chi connectivity index (χ1n) is 11.9. The quantitative estimate of drug-likeness (QED) is 0.167. The number of hydrogen-bond donors (Lipinski definition) is 1. The number of carbonyl (C=O) groups is 3. The highest BCUT2D eigenvalue weighted by molar-refractivity contribution is 7.84. The zero-order valence-corrected chi connectivity index (χ0v) is 20.9. The summed E-state index contributed by atoms with van der Waals surface area (Å²) in [6, 6.07) is 9.49. The summed E-state index contributed by atoms with van der Waals surface area (Å²) in [6.07, 6.45) is 6.18. The number of hydrogen-bond acceptors (Lipinski definition) is 6. The summed E-state index contributed by atoms with van der Waals surface area (Å²) < 4.78 is 36.0. The van der Waals surface area contributed by atoms with Crippen molar-refractivity contribution in [2.24, 2.45) is 0 Å². The second kappa shape index (κ2) is 13.7. The first-order valence-corrected chi connectivity index (χ1v) is 13.3. The fourth-order valence-electron chi connectivity index (χ4n) is 3.75. The molecule has 2 amide bonds. The lowest BCUT2D eigenvalue weighted by Crippen LogP contribution is -2.57. The maximum absolute atomic E-state index is 12.9. The van der Waals surface area contributed by atoms with Crippen LogP contribution in [0.4, 0.5) is 4.39 Å². The van der Waals surface area contributed by atoms with E-state index in [4.69, 9.17) is 9.15 Å². The largest absolute Gasteiger partial charge is 0.456 e. The molecule has 3 rings (SSSR count). The molecule has 2 unspecified atom stereocenters. The van der Waals surface area contributed by atoms with E-state index in [2.05, 4.69) is 11.9 Å². The van der Waals surface area contributed by atoms with Crippen molar-refractivity contribution in [2.75, 3.05) is 19.7 Å². The molecule has 10 heteroatoms. The van der Waals surface area contributed by atoms with Crippen molar-refractivity contribution in [3.63, 3.8) is 0 Å². The summed E-state index contributed by atoms with van der Waals surface area (Å²) >= 11 is 0. The smallest absolute Gasteiger partial charge is 0.374 e. The Bertz CT molecular complexity index is 1080. The molecule has 1 aromatic heterocycles. The minimum absolute atomic E-state index is 0.000209. The fraction of sp³-hybridized carbons (Fsp3) is 0.423. The Labute approximate surface area is 212 Å². The molecule has 1 aromatic carbocycles. The van der Waals surface area contributed by atoms with Crippen LogP contribution in [-0.2, 0) is 37.3 Å². The number of unbranched alkanes of at least 4 members (excludes halogenated alkanes) is 3. The standard InChI is InChI=1S/C26H31FN2O6S/c1-2-15-34-26(32)22-13-12-21(35-22)18-36(33)25-16-24(31)29(25)17-23(30)28-14-6-4-3-5-7-19-8-10-20(27)11-9-19/h2,8-13,25H,1,3-7,14-18H2,(H,28,30). The van der Waals surface area contributed by atoms with Gasteiger partial charge in [0.15, 0.2) is 0 Å². The molecule has 1 fully saturated rings. The number of furan rings is 1. The molecular formula is C26H31FN2O6S. The predicted molar refractivity (Wildman–Crippen MR) is 133 cm³/mol. The van der Waals surface area contributed by atoms with Crippen LogP contribution >= 0.6 is 0 Å². The second-order valence-corrected chi connectivity index (χ2v) is 10.1. The number of nitrogens with zero attached hydrogens (tertiary/aromatic N) is 1. The van der Waals surface area contributed by atoms with E-state index in [1.807, 2.05) is 0 Å². The van der Waals surface area contributed by atoms with Gasteiger partial charge < -0.3 is 19.4 Å². The first-order chi connectivity index (χ1) is 17.4. The Morgan fingerprint density at radius 1 is 1.17 bits per heavy atom. The number of ether oxygens (including phenoxy) is 1. The lowest BCUT2D eigenvalue weighted by Gasteiger charge is -2.38. The number of likely N-dealkylation sites (tertiary alicyclic amines) is 1. The number of benzene rings is 1. The minimum Gasteiger partial charge on any atom is -0.456 e. The van der Waals surface area contributed by atoms with Gasteiger partial charge in [0.2, 0.25) is 17.6 Å². The molecule has 0 radical (unpaired) electrons. The van der Waals surface area contributed by atoms with Crippen LogP contribution in [0, 0.1) is 5.82 Å². The van der Waals surface area contributed by atoms with Crippen LogP contribution in [0.15, 0.2) is 53.5 Å². The molecular weight excluding hydrogens is 487 g/mol. The maximum Gasteiger partial charge on any atom is 0.374 e. The van der Waals surface area contributed by atoms with E-state index in [1.165, 1.54) is 29.2 Å². The van der Waals surface area contributed by atoms with E-state index >= 15 is 0 Å². The minimum atomic E-state index is -1.49. The van der Waals surface area contributed by atoms with Crippen molar-refractivity contribution in [1.82, 2.24) is 10.2 Å². The zero-order valence-electron chi connectivity index (χ0n) is 20.1. The molecule has 0 spiro atoms. The van der Waals surface area contributed by atoms with Gasteiger partial charge in [0.25, 0.3) is 0 Å². The molecule has 2 aromatic rings. The Morgan fingerprint density at radius 2 is 1.92 bits per heavy atom. The van der Waals surface area contributed by atoms with Crippen LogP contribution in [0.3, 0.4) is 0 Å². The third-order valence-corrected chi connectivity index (χ3v) is 7.34. The SMILES string of the molecule is C=CCOC(=O)c1ccc(CS(=O)C2CC(=O)N2CC(=O)NCCCCCCc2ccc(F)cc2)o1. The van der Waals surface area contributed by atoms with Crippen LogP contribution in [-0.4, -0.2) is 52.0 Å². The highest BCUT2D eigenvalue weighted by Gasteiger charge is 2.41. The summed E-state index contributed by atoms with van der Waals surface area (Å²) in [7, 11) is -1.49. The van der Waals surface area contributed by atoms with Gasteiger partial charge in [-0.25, -0.2) is 9.18 Å². The Kier molecular flexibility index (Phi) is 10.4. The van der Waals surface area contributed by atoms with E-state index in [9.17, 15) is 23.0 Å². The summed E-state index contributed by atoms with van der Waals surface area (Å²) in [5.41, 5.74) is 1.11. The summed E-state index contributed by atoms with van der Waals surface area (Å²) in [5.74, 6) is -1.04. The fourth-order valence-corrected chi connectivity index (χ4v) is 5.19. The van der Waals surface area contributed by atoms with Crippen LogP contribution < -0.4 is 5.32 Å². The lowest BCUT2D eigenvalue weighted by atomic mass is 10.1. The van der Waals surface area contributed by atoms with Gasteiger partial charge in [-0.1, -0.05) is 37.6 Å². The number of rotatable bonds is 15. The number of esters is 1. The maximum atomic E-state index is 12.9. The van der Waals surface area contributed by atoms with Crippen LogP contribution in [0.1, 0.15) is 54.0 Å². The Morgan fingerprint density at radius 3 is 2.64 bits per heavy atom. The summed E-state index contributed by atoms with van der Waals surface area (Å²) in [6.45, 7) is 3.88. The molecule has 8 nitrogen and oxygen atoms in total. The molecule has 194 valence electrons. The molecule has 0 aliphatic carbocycles. The van der Waals surface area contributed by atoms with Crippen molar-refractivity contribution in [1.29, 1.82) is 0 Å². The highest BCUT2D eigenvalue weighted by atomic mass is 32.2. The molecule has 1 aliphatic heterocycles. The third kappa shape index (κ3) is 8.15. The number of amides is 2.